The Morgan fingerprint density at radius 2 is 1.53 bits per heavy atom. The molecule has 0 aliphatic rings. The number of thioether (sulfide) groups is 1. The second-order valence-electron chi connectivity index (χ2n) is 3.98. The van der Waals surface area contributed by atoms with Gasteiger partial charge in [0.1, 0.15) is 0 Å². The highest BCUT2D eigenvalue weighted by molar-refractivity contribution is 8.12. The molecule has 0 fully saturated rings. The highest BCUT2D eigenvalue weighted by Crippen LogP contribution is 2.20. The van der Waals surface area contributed by atoms with E-state index in [1.165, 1.54) is 11.8 Å². The van der Waals surface area contributed by atoms with E-state index in [1.54, 1.807) is 6.92 Å². The zero-order valence-electron chi connectivity index (χ0n) is 10.6. The molecule has 0 aromatic heterocycles. The van der Waals surface area contributed by atoms with Crippen molar-refractivity contribution in [1.82, 2.24) is 0 Å². The molecular formula is C15H14N2OS. The molecule has 19 heavy (non-hydrogen) atoms. The molecule has 0 unspecified atom stereocenters. The molecule has 0 aliphatic heterocycles. The van der Waals surface area contributed by atoms with Crippen molar-refractivity contribution in [2.24, 2.45) is 10.2 Å². The van der Waals surface area contributed by atoms with Crippen molar-refractivity contribution >= 4 is 28.3 Å². The van der Waals surface area contributed by atoms with E-state index in [-0.39, 0.29) is 5.12 Å². The van der Waals surface area contributed by atoms with Crippen LogP contribution in [0.4, 0.5) is 11.4 Å². The molecule has 2 aromatic rings. The van der Waals surface area contributed by atoms with E-state index < -0.39 is 0 Å². The summed E-state index contributed by atoms with van der Waals surface area (Å²) < 4.78 is 0. The third kappa shape index (κ3) is 4.67. The number of nitrogens with zero attached hydrogens (tertiary/aromatic N) is 2. The van der Waals surface area contributed by atoms with Gasteiger partial charge in [0.2, 0.25) is 0 Å². The van der Waals surface area contributed by atoms with Crippen LogP contribution >= 0.6 is 11.8 Å². The van der Waals surface area contributed by atoms with Crippen molar-refractivity contribution in [3.05, 3.63) is 60.2 Å². The lowest BCUT2D eigenvalue weighted by Gasteiger charge is -1.99. The Morgan fingerprint density at radius 3 is 2.11 bits per heavy atom. The number of hydrogen-bond acceptors (Lipinski definition) is 4. The van der Waals surface area contributed by atoms with Crippen molar-refractivity contribution in [2.45, 2.75) is 12.7 Å². The number of carbonyl (C=O) groups is 1. The van der Waals surface area contributed by atoms with Gasteiger partial charge in [-0.05, 0) is 29.8 Å². The largest absolute Gasteiger partial charge is 0.288 e. The Labute approximate surface area is 116 Å². The number of azo groups is 1. The molecule has 0 spiro atoms. The topological polar surface area (TPSA) is 41.8 Å². The van der Waals surface area contributed by atoms with Gasteiger partial charge in [0, 0.05) is 12.7 Å². The van der Waals surface area contributed by atoms with E-state index in [1.807, 2.05) is 54.6 Å². The fraction of sp³-hybridized carbons (Fsp3) is 0.133. The van der Waals surface area contributed by atoms with E-state index in [9.17, 15) is 4.79 Å². The fourth-order valence-electron chi connectivity index (χ4n) is 1.45. The zero-order chi connectivity index (χ0) is 13.5. The summed E-state index contributed by atoms with van der Waals surface area (Å²) >= 11 is 1.31. The van der Waals surface area contributed by atoms with E-state index in [2.05, 4.69) is 10.2 Å². The summed E-state index contributed by atoms with van der Waals surface area (Å²) in [5, 5.41) is 8.44. The first kappa shape index (κ1) is 13.5. The maximum absolute atomic E-state index is 10.9. The molecule has 0 aliphatic carbocycles. The number of hydrogen-bond donors (Lipinski definition) is 0. The smallest absolute Gasteiger partial charge is 0.186 e. The molecule has 2 rings (SSSR count). The summed E-state index contributed by atoms with van der Waals surface area (Å²) in [6.07, 6.45) is 0. The SMILES string of the molecule is CC(=O)SCc1ccc(N=Nc2ccccc2)cc1. The molecular weight excluding hydrogens is 256 g/mol. The molecule has 2 aromatic carbocycles. The molecule has 4 heteroatoms. The average molecular weight is 270 g/mol. The average Bonchev–Trinajstić information content (AvgIpc) is 2.45. The second-order valence-corrected chi connectivity index (χ2v) is 5.13. The molecule has 0 atom stereocenters. The van der Waals surface area contributed by atoms with Crippen molar-refractivity contribution in [3.63, 3.8) is 0 Å². The summed E-state index contributed by atoms with van der Waals surface area (Å²) in [6, 6.07) is 17.4. The quantitative estimate of drug-likeness (QED) is 0.743. The van der Waals surface area contributed by atoms with Gasteiger partial charge in [-0.2, -0.15) is 10.2 Å². The summed E-state index contributed by atoms with van der Waals surface area (Å²) in [4.78, 5) is 10.9. The van der Waals surface area contributed by atoms with E-state index >= 15 is 0 Å². The number of benzene rings is 2. The molecule has 0 radical (unpaired) electrons. The van der Waals surface area contributed by atoms with Gasteiger partial charge in [-0.3, -0.25) is 4.79 Å². The Kier molecular flexibility index (Phi) is 4.86. The zero-order valence-corrected chi connectivity index (χ0v) is 11.4. The van der Waals surface area contributed by atoms with E-state index in [0.29, 0.717) is 5.75 Å². The lowest BCUT2D eigenvalue weighted by Crippen LogP contribution is -1.84. The molecule has 0 N–H and O–H groups in total. The van der Waals surface area contributed by atoms with Crippen molar-refractivity contribution < 1.29 is 4.79 Å². The molecule has 3 nitrogen and oxygen atoms in total. The van der Waals surface area contributed by atoms with Crippen LogP contribution in [0.1, 0.15) is 12.5 Å². The Morgan fingerprint density at radius 1 is 0.947 bits per heavy atom. The van der Waals surface area contributed by atoms with Crippen molar-refractivity contribution in [3.8, 4) is 0 Å². The Bertz CT molecular complexity index is 564. The molecule has 0 saturated carbocycles. The molecule has 0 bridgehead atoms. The van der Waals surface area contributed by atoms with Crippen LogP contribution in [-0.2, 0) is 10.5 Å². The van der Waals surface area contributed by atoms with Gasteiger partial charge in [-0.15, -0.1) is 0 Å². The van der Waals surface area contributed by atoms with Gasteiger partial charge in [0.15, 0.2) is 5.12 Å². The molecule has 0 amide bonds. The van der Waals surface area contributed by atoms with E-state index in [0.717, 1.165) is 16.9 Å². The summed E-state index contributed by atoms with van der Waals surface area (Å²) in [6.45, 7) is 1.58. The van der Waals surface area contributed by atoms with Crippen LogP contribution in [0.5, 0.6) is 0 Å². The van der Waals surface area contributed by atoms with Crippen LogP contribution in [-0.4, -0.2) is 5.12 Å². The highest BCUT2D eigenvalue weighted by Gasteiger charge is 1.97. The first-order valence-corrected chi connectivity index (χ1v) is 6.92. The predicted octanol–water partition coefficient (Wildman–Crippen LogP) is 4.88. The highest BCUT2D eigenvalue weighted by atomic mass is 32.2. The normalized spacial score (nSPS) is 10.8. The molecule has 0 heterocycles. The minimum Gasteiger partial charge on any atom is -0.288 e. The summed E-state index contributed by atoms with van der Waals surface area (Å²) in [7, 11) is 0. The van der Waals surface area contributed by atoms with Crippen LogP contribution in [0.2, 0.25) is 0 Å². The summed E-state index contributed by atoms with van der Waals surface area (Å²) in [5.74, 6) is 0.700. The van der Waals surface area contributed by atoms with Gasteiger partial charge in [-0.25, -0.2) is 0 Å². The van der Waals surface area contributed by atoms with Crippen molar-refractivity contribution in [2.75, 3.05) is 0 Å². The Balaban J connectivity index is 1.99. The van der Waals surface area contributed by atoms with Gasteiger partial charge in [0.05, 0.1) is 11.4 Å². The van der Waals surface area contributed by atoms with Crippen LogP contribution in [0.25, 0.3) is 0 Å². The first-order valence-electron chi connectivity index (χ1n) is 5.93. The van der Waals surface area contributed by atoms with Crippen LogP contribution in [0, 0.1) is 0 Å². The number of carbonyl (C=O) groups excluding carboxylic acids is 1. The molecule has 0 saturated heterocycles. The van der Waals surface area contributed by atoms with Gasteiger partial charge in [0.25, 0.3) is 0 Å². The van der Waals surface area contributed by atoms with Gasteiger partial charge < -0.3 is 0 Å². The van der Waals surface area contributed by atoms with E-state index in [4.69, 9.17) is 0 Å². The standard InChI is InChI=1S/C15H14N2OS/c1-12(18)19-11-13-7-9-15(10-8-13)17-16-14-5-3-2-4-6-14/h2-10H,11H2,1H3. The maximum atomic E-state index is 10.9. The van der Waals surface area contributed by atoms with Crippen molar-refractivity contribution in [1.29, 1.82) is 0 Å². The first-order chi connectivity index (χ1) is 9.24. The lowest BCUT2D eigenvalue weighted by molar-refractivity contribution is -0.109. The minimum atomic E-state index is 0.132. The summed E-state index contributed by atoms with van der Waals surface area (Å²) in [5.41, 5.74) is 2.75. The monoisotopic (exact) mass is 270 g/mol. The third-order valence-corrected chi connectivity index (χ3v) is 3.30. The lowest BCUT2D eigenvalue weighted by atomic mass is 10.2. The minimum absolute atomic E-state index is 0.132. The van der Waals surface area contributed by atoms with Crippen LogP contribution in [0.15, 0.2) is 64.8 Å². The number of rotatable bonds is 4. The van der Waals surface area contributed by atoms with Gasteiger partial charge in [-0.1, -0.05) is 42.1 Å². The molecule has 96 valence electrons. The fourth-order valence-corrected chi connectivity index (χ4v) is 2.02. The third-order valence-electron chi connectivity index (χ3n) is 2.42. The Hall–Kier alpha value is -1.94. The maximum Gasteiger partial charge on any atom is 0.186 e. The predicted molar refractivity (Wildman–Crippen MR) is 79.0 cm³/mol. The van der Waals surface area contributed by atoms with Crippen LogP contribution < -0.4 is 0 Å². The van der Waals surface area contributed by atoms with Gasteiger partial charge >= 0.3 is 0 Å². The van der Waals surface area contributed by atoms with Crippen LogP contribution in [0.3, 0.4) is 0 Å². The second kappa shape index (κ2) is 6.85.